The summed E-state index contributed by atoms with van der Waals surface area (Å²) in [5.74, 6) is -1.36. The van der Waals surface area contributed by atoms with Crippen LogP contribution in [0.1, 0.15) is 21.5 Å². The zero-order chi connectivity index (χ0) is 19.5. The van der Waals surface area contributed by atoms with Crippen molar-refractivity contribution in [3.8, 4) is 0 Å². The third-order valence-electron chi connectivity index (χ3n) is 3.78. The first-order chi connectivity index (χ1) is 12.2. The summed E-state index contributed by atoms with van der Waals surface area (Å²) in [5.41, 5.74) is 2.74. The molecule has 0 aliphatic carbocycles. The van der Waals surface area contributed by atoms with E-state index in [1.165, 1.54) is 17.0 Å². The molecule has 0 saturated heterocycles. The van der Waals surface area contributed by atoms with Gasteiger partial charge in [0.1, 0.15) is 10.7 Å². The molecule has 26 heavy (non-hydrogen) atoms. The van der Waals surface area contributed by atoms with Crippen molar-refractivity contribution in [1.82, 2.24) is 4.72 Å². The van der Waals surface area contributed by atoms with Gasteiger partial charge in [-0.15, -0.1) is 6.58 Å². The lowest BCUT2D eigenvalue weighted by molar-refractivity contribution is 0.0992. The van der Waals surface area contributed by atoms with Crippen molar-refractivity contribution in [1.29, 1.82) is 0 Å². The van der Waals surface area contributed by atoms with E-state index in [4.69, 9.17) is 0 Å². The van der Waals surface area contributed by atoms with Crippen molar-refractivity contribution in [2.24, 2.45) is 0 Å². The van der Waals surface area contributed by atoms with E-state index < -0.39 is 26.6 Å². The summed E-state index contributed by atoms with van der Waals surface area (Å²) >= 11 is 0. The number of hydrogen-bond acceptors (Lipinski definition) is 3. The van der Waals surface area contributed by atoms with Crippen LogP contribution >= 0.6 is 0 Å². The van der Waals surface area contributed by atoms with Gasteiger partial charge in [-0.2, -0.15) is 0 Å². The fourth-order valence-electron chi connectivity index (χ4n) is 2.54. The number of nitrogens with one attached hydrogen (secondary N) is 1. The SMILES string of the molecule is C=CCNS(=O)(=O)c1cc(C(=O)N(C)c2cc(C)cc(C)c2)ccc1F. The lowest BCUT2D eigenvalue weighted by Crippen LogP contribution is -2.28. The fraction of sp³-hybridized carbons (Fsp3) is 0.211. The molecule has 0 aliphatic rings. The predicted octanol–water partition coefficient (Wildman–Crippen LogP) is 3.18. The molecular formula is C19H21FN2O3S. The second-order valence-electron chi connectivity index (χ2n) is 6.00. The first-order valence-corrected chi connectivity index (χ1v) is 9.40. The number of benzene rings is 2. The van der Waals surface area contributed by atoms with Gasteiger partial charge in [0.15, 0.2) is 0 Å². The van der Waals surface area contributed by atoms with Gasteiger partial charge in [-0.3, -0.25) is 4.79 Å². The molecule has 2 rings (SSSR count). The summed E-state index contributed by atoms with van der Waals surface area (Å²) in [7, 11) is -2.49. The summed E-state index contributed by atoms with van der Waals surface area (Å²) in [4.78, 5) is 13.6. The van der Waals surface area contributed by atoms with Crippen molar-refractivity contribution < 1.29 is 17.6 Å². The summed E-state index contributed by atoms with van der Waals surface area (Å²) in [6.07, 6.45) is 1.35. The minimum Gasteiger partial charge on any atom is -0.311 e. The molecule has 0 heterocycles. The first-order valence-electron chi connectivity index (χ1n) is 7.92. The number of aryl methyl sites for hydroxylation is 2. The predicted molar refractivity (Wildman–Crippen MR) is 100 cm³/mol. The molecule has 2 aromatic carbocycles. The topological polar surface area (TPSA) is 66.5 Å². The Labute approximate surface area is 153 Å². The van der Waals surface area contributed by atoms with Crippen LogP contribution in [0, 0.1) is 19.7 Å². The molecule has 0 fully saturated rings. The minimum atomic E-state index is -4.08. The van der Waals surface area contributed by atoms with Gasteiger partial charge in [0.25, 0.3) is 5.91 Å². The zero-order valence-corrected chi connectivity index (χ0v) is 15.7. The van der Waals surface area contributed by atoms with E-state index in [0.717, 1.165) is 23.3 Å². The van der Waals surface area contributed by atoms with Gasteiger partial charge in [-0.1, -0.05) is 12.1 Å². The number of carbonyl (C=O) groups excluding carboxylic acids is 1. The molecule has 1 amide bonds. The van der Waals surface area contributed by atoms with Crippen molar-refractivity contribution in [3.05, 3.63) is 71.6 Å². The van der Waals surface area contributed by atoms with Gasteiger partial charge in [0.05, 0.1) is 0 Å². The van der Waals surface area contributed by atoms with E-state index >= 15 is 0 Å². The molecule has 0 saturated carbocycles. The summed E-state index contributed by atoms with van der Waals surface area (Å²) in [6.45, 7) is 7.21. The van der Waals surface area contributed by atoms with Crippen molar-refractivity contribution in [2.75, 3.05) is 18.5 Å². The molecular weight excluding hydrogens is 355 g/mol. The number of carbonyl (C=O) groups is 1. The van der Waals surface area contributed by atoms with E-state index in [9.17, 15) is 17.6 Å². The number of nitrogens with zero attached hydrogens (tertiary/aromatic N) is 1. The standard InChI is InChI=1S/C19H21FN2O3S/c1-5-8-21-26(24,25)18-12-15(6-7-17(18)20)19(23)22(4)16-10-13(2)9-14(3)11-16/h5-7,9-12,21H,1,8H2,2-4H3. The van der Waals surface area contributed by atoms with Crippen LogP contribution in [0.25, 0.3) is 0 Å². The highest BCUT2D eigenvalue weighted by Crippen LogP contribution is 2.22. The molecule has 0 atom stereocenters. The molecule has 0 spiro atoms. The van der Waals surface area contributed by atoms with Gasteiger partial charge in [0, 0.05) is 24.8 Å². The fourth-order valence-corrected chi connectivity index (χ4v) is 3.64. The van der Waals surface area contributed by atoms with Crippen LogP contribution in [0.2, 0.25) is 0 Å². The Bertz CT molecular complexity index is 935. The third-order valence-corrected chi connectivity index (χ3v) is 5.22. The number of anilines is 1. The van der Waals surface area contributed by atoms with Crippen molar-refractivity contribution in [3.63, 3.8) is 0 Å². The maximum atomic E-state index is 14.0. The quantitative estimate of drug-likeness (QED) is 0.788. The normalized spacial score (nSPS) is 11.2. The third kappa shape index (κ3) is 4.36. The van der Waals surface area contributed by atoms with Crippen LogP contribution in [-0.4, -0.2) is 27.9 Å². The first kappa shape index (κ1) is 19.8. The average molecular weight is 376 g/mol. The monoisotopic (exact) mass is 376 g/mol. The molecule has 0 radical (unpaired) electrons. The van der Waals surface area contributed by atoms with Gasteiger partial charge in [-0.05, 0) is 55.3 Å². The maximum Gasteiger partial charge on any atom is 0.258 e. The Morgan fingerprint density at radius 1 is 1.19 bits per heavy atom. The summed E-state index contributed by atoms with van der Waals surface area (Å²) < 4.78 is 40.6. The lowest BCUT2D eigenvalue weighted by Gasteiger charge is -2.19. The number of rotatable bonds is 6. The summed E-state index contributed by atoms with van der Waals surface area (Å²) in [6, 6.07) is 8.96. The molecule has 2 aromatic rings. The average Bonchev–Trinajstić information content (AvgIpc) is 2.58. The maximum absolute atomic E-state index is 14.0. The number of halogens is 1. The molecule has 5 nitrogen and oxygen atoms in total. The van der Waals surface area contributed by atoms with Gasteiger partial charge < -0.3 is 4.90 Å². The van der Waals surface area contributed by atoms with E-state index in [0.29, 0.717) is 5.69 Å². The lowest BCUT2D eigenvalue weighted by atomic mass is 10.1. The van der Waals surface area contributed by atoms with Gasteiger partial charge >= 0.3 is 0 Å². The minimum absolute atomic E-state index is 0.0393. The van der Waals surface area contributed by atoms with Crippen LogP contribution in [-0.2, 0) is 10.0 Å². The Morgan fingerprint density at radius 3 is 2.38 bits per heavy atom. The Hall–Kier alpha value is -2.51. The van der Waals surface area contributed by atoms with E-state index in [-0.39, 0.29) is 12.1 Å². The van der Waals surface area contributed by atoms with Crippen LogP contribution in [0.3, 0.4) is 0 Å². The van der Waals surface area contributed by atoms with Crippen molar-refractivity contribution >= 4 is 21.6 Å². The highest BCUT2D eigenvalue weighted by Gasteiger charge is 2.22. The van der Waals surface area contributed by atoms with Crippen LogP contribution in [0.5, 0.6) is 0 Å². The molecule has 7 heteroatoms. The van der Waals surface area contributed by atoms with Crippen LogP contribution in [0.15, 0.2) is 53.9 Å². The van der Waals surface area contributed by atoms with Gasteiger partial charge in [-0.25, -0.2) is 17.5 Å². The Morgan fingerprint density at radius 2 is 1.81 bits per heavy atom. The smallest absolute Gasteiger partial charge is 0.258 e. The van der Waals surface area contributed by atoms with Crippen LogP contribution in [0.4, 0.5) is 10.1 Å². The number of sulfonamides is 1. The van der Waals surface area contributed by atoms with E-state index in [2.05, 4.69) is 11.3 Å². The molecule has 1 N–H and O–H groups in total. The largest absolute Gasteiger partial charge is 0.311 e. The molecule has 138 valence electrons. The van der Waals surface area contributed by atoms with Crippen LogP contribution < -0.4 is 9.62 Å². The second kappa shape index (κ2) is 7.80. The molecule has 0 bridgehead atoms. The molecule has 0 unspecified atom stereocenters. The zero-order valence-electron chi connectivity index (χ0n) is 14.9. The van der Waals surface area contributed by atoms with E-state index in [1.807, 2.05) is 32.0 Å². The second-order valence-corrected chi connectivity index (χ2v) is 7.73. The Kier molecular flexibility index (Phi) is 5.94. The number of hydrogen-bond donors (Lipinski definition) is 1. The van der Waals surface area contributed by atoms with Crippen molar-refractivity contribution in [2.45, 2.75) is 18.7 Å². The van der Waals surface area contributed by atoms with E-state index in [1.54, 1.807) is 7.05 Å². The van der Waals surface area contributed by atoms with Gasteiger partial charge in [0.2, 0.25) is 10.0 Å². The molecule has 0 aliphatic heterocycles. The number of amides is 1. The summed E-state index contributed by atoms with van der Waals surface area (Å²) in [5, 5.41) is 0. The Balaban J connectivity index is 2.40. The highest BCUT2D eigenvalue weighted by molar-refractivity contribution is 7.89. The molecule has 0 aromatic heterocycles. The highest BCUT2D eigenvalue weighted by atomic mass is 32.2.